The van der Waals surface area contributed by atoms with Crippen LogP contribution in [0.1, 0.15) is 38.3 Å². The molecule has 6 heteroatoms. The molecule has 1 amide bonds. The number of nitrogens with one attached hydrogen (secondary N) is 1. The Bertz CT molecular complexity index is 600. The normalized spacial score (nSPS) is 21.8. The number of hydrogen-bond acceptors (Lipinski definition) is 3. The van der Waals surface area contributed by atoms with Crippen molar-refractivity contribution in [2.75, 3.05) is 6.54 Å². The maximum Gasteiger partial charge on any atom is 0.234 e. The van der Waals surface area contributed by atoms with Gasteiger partial charge >= 0.3 is 0 Å². The smallest absolute Gasteiger partial charge is 0.234 e. The van der Waals surface area contributed by atoms with Crippen molar-refractivity contribution in [1.29, 1.82) is 5.26 Å². The van der Waals surface area contributed by atoms with Crippen LogP contribution in [0.25, 0.3) is 0 Å². The van der Waals surface area contributed by atoms with Gasteiger partial charge in [0.05, 0.1) is 17.1 Å². The third kappa shape index (κ3) is 3.57. The zero-order valence-electron chi connectivity index (χ0n) is 12.6. The van der Waals surface area contributed by atoms with Gasteiger partial charge in [-0.1, -0.05) is 17.7 Å². The van der Waals surface area contributed by atoms with Crippen LogP contribution >= 0.6 is 11.6 Å². The van der Waals surface area contributed by atoms with Crippen LogP contribution in [0.15, 0.2) is 18.2 Å². The van der Waals surface area contributed by atoms with E-state index in [9.17, 15) is 9.18 Å². The van der Waals surface area contributed by atoms with Gasteiger partial charge in [-0.05, 0) is 38.0 Å². The maximum absolute atomic E-state index is 13.8. The van der Waals surface area contributed by atoms with Gasteiger partial charge in [-0.3, -0.25) is 9.69 Å². The van der Waals surface area contributed by atoms with E-state index in [4.69, 9.17) is 16.9 Å². The maximum atomic E-state index is 13.8. The van der Waals surface area contributed by atoms with E-state index in [1.807, 2.05) is 6.07 Å². The number of carbonyl (C=O) groups excluding carboxylic acids is 1. The van der Waals surface area contributed by atoms with E-state index in [2.05, 4.69) is 24.1 Å². The van der Waals surface area contributed by atoms with Crippen molar-refractivity contribution in [3.8, 4) is 6.07 Å². The number of halogens is 2. The number of likely N-dealkylation sites (tertiary alicyclic amines) is 1. The summed E-state index contributed by atoms with van der Waals surface area (Å²) >= 11 is 5.75. The van der Waals surface area contributed by atoms with Gasteiger partial charge in [0.2, 0.25) is 5.91 Å². The molecular weight excluding hydrogens is 305 g/mol. The molecule has 1 fully saturated rings. The van der Waals surface area contributed by atoms with Crippen LogP contribution in [-0.4, -0.2) is 29.4 Å². The molecule has 1 aliphatic heterocycles. The lowest BCUT2D eigenvalue weighted by Crippen LogP contribution is -2.41. The van der Waals surface area contributed by atoms with Gasteiger partial charge in [-0.2, -0.15) is 5.26 Å². The van der Waals surface area contributed by atoms with Gasteiger partial charge in [-0.25, -0.2) is 4.39 Å². The number of hydrogen-bond donors (Lipinski definition) is 1. The van der Waals surface area contributed by atoms with E-state index in [0.29, 0.717) is 0 Å². The second-order valence-corrected chi connectivity index (χ2v) is 6.15. The van der Waals surface area contributed by atoms with Crippen LogP contribution in [0.4, 0.5) is 4.39 Å². The SMILES string of the molecule is CC(C)N1CC[C@@H](NC(=O)CC#N)[C@H]1c1ccc(Cl)c(F)c1. The number of nitrogens with zero attached hydrogens (tertiary/aromatic N) is 2. The molecule has 4 nitrogen and oxygen atoms in total. The van der Waals surface area contributed by atoms with Crippen molar-refractivity contribution in [1.82, 2.24) is 10.2 Å². The van der Waals surface area contributed by atoms with Gasteiger partial charge in [-0.15, -0.1) is 0 Å². The molecule has 0 unspecified atom stereocenters. The summed E-state index contributed by atoms with van der Waals surface area (Å²) in [4.78, 5) is 13.9. The fourth-order valence-corrected chi connectivity index (χ4v) is 3.11. The van der Waals surface area contributed by atoms with Crippen molar-refractivity contribution >= 4 is 17.5 Å². The molecule has 1 aromatic rings. The van der Waals surface area contributed by atoms with Gasteiger partial charge in [0, 0.05) is 18.6 Å². The summed E-state index contributed by atoms with van der Waals surface area (Å²) in [7, 11) is 0. The molecule has 0 aromatic heterocycles. The Morgan fingerprint density at radius 1 is 1.59 bits per heavy atom. The quantitative estimate of drug-likeness (QED) is 0.926. The topological polar surface area (TPSA) is 56.1 Å². The number of benzene rings is 1. The summed E-state index contributed by atoms with van der Waals surface area (Å²) in [5, 5.41) is 11.6. The summed E-state index contributed by atoms with van der Waals surface area (Å²) in [6.07, 6.45) is 0.601. The second-order valence-electron chi connectivity index (χ2n) is 5.75. The Balaban J connectivity index is 2.28. The number of carbonyl (C=O) groups is 1. The van der Waals surface area contributed by atoms with Gasteiger partial charge < -0.3 is 5.32 Å². The highest BCUT2D eigenvalue weighted by Crippen LogP contribution is 2.35. The molecule has 1 saturated heterocycles. The van der Waals surface area contributed by atoms with E-state index in [-0.39, 0.29) is 35.5 Å². The third-order valence-electron chi connectivity index (χ3n) is 3.97. The fraction of sp³-hybridized carbons (Fsp3) is 0.500. The molecule has 2 rings (SSSR count). The van der Waals surface area contributed by atoms with Crippen molar-refractivity contribution in [2.24, 2.45) is 0 Å². The molecule has 1 aromatic carbocycles. The van der Waals surface area contributed by atoms with E-state index >= 15 is 0 Å². The molecule has 0 saturated carbocycles. The number of rotatable bonds is 4. The third-order valence-corrected chi connectivity index (χ3v) is 4.28. The molecule has 0 radical (unpaired) electrons. The summed E-state index contributed by atoms with van der Waals surface area (Å²) in [5.74, 6) is -0.755. The van der Waals surface area contributed by atoms with Crippen molar-refractivity contribution in [3.05, 3.63) is 34.6 Å². The number of amides is 1. The average Bonchev–Trinajstić information content (AvgIpc) is 2.86. The fourth-order valence-electron chi connectivity index (χ4n) is 3.00. The van der Waals surface area contributed by atoms with E-state index in [1.54, 1.807) is 6.07 Å². The lowest BCUT2D eigenvalue weighted by atomic mass is 9.99. The summed E-state index contributed by atoms with van der Waals surface area (Å²) < 4.78 is 13.8. The van der Waals surface area contributed by atoms with E-state index in [1.165, 1.54) is 12.1 Å². The Labute approximate surface area is 134 Å². The van der Waals surface area contributed by atoms with Crippen LogP contribution in [-0.2, 0) is 4.79 Å². The van der Waals surface area contributed by atoms with E-state index < -0.39 is 5.82 Å². The largest absolute Gasteiger partial charge is 0.351 e. The Kier molecular flexibility index (Phi) is 5.38. The minimum atomic E-state index is -0.461. The second kappa shape index (κ2) is 7.08. The summed E-state index contributed by atoms with van der Waals surface area (Å²) in [6, 6.07) is 6.62. The molecule has 0 bridgehead atoms. The lowest BCUT2D eigenvalue weighted by Gasteiger charge is -2.32. The Morgan fingerprint density at radius 3 is 2.91 bits per heavy atom. The highest BCUT2D eigenvalue weighted by atomic mass is 35.5. The highest BCUT2D eigenvalue weighted by Gasteiger charge is 2.37. The standard InChI is InChI=1S/C16H19ClFN3O/c1-10(2)21-8-6-14(20-15(22)5-7-19)16(21)11-3-4-12(17)13(18)9-11/h3-4,9-10,14,16H,5-6,8H2,1-2H3,(H,20,22)/t14-,16-/m1/s1. The molecule has 118 valence electrons. The Morgan fingerprint density at radius 2 is 2.32 bits per heavy atom. The first kappa shape index (κ1) is 16.7. The van der Waals surface area contributed by atoms with Gasteiger partial charge in [0.25, 0.3) is 0 Å². The minimum absolute atomic E-state index is 0.0860. The number of nitriles is 1. The van der Waals surface area contributed by atoms with Crippen molar-refractivity contribution in [3.63, 3.8) is 0 Å². The van der Waals surface area contributed by atoms with Crippen LogP contribution < -0.4 is 5.32 Å². The summed E-state index contributed by atoms with van der Waals surface area (Å²) in [6.45, 7) is 4.95. The summed E-state index contributed by atoms with van der Waals surface area (Å²) in [5.41, 5.74) is 0.787. The van der Waals surface area contributed by atoms with Crippen LogP contribution in [0.3, 0.4) is 0 Å². The molecular formula is C16H19ClFN3O. The average molecular weight is 324 g/mol. The minimum Gasteiger partial charge on any atom is -0.351 e. The van der Waals surface area contributed by atoms with Crippen LogP contribution in [0.5, 0.6) is 0 Å². The van der Waals surface area contributed by atoms with Crippen LogP contribution in [0, 0.1) is 17.1 Å². The first-order chi connectivity index (χ1) is 10.4. The van der Waals surface area contributed by atoms with E-state index in [0.717, 1.165) is 18.5 Å². The monoisotopic (exact) mass is 323 g/mol. The zero-order chi connectivity index (χ0) is 16.3. The van der Waals surface area contributed by atoms with Crippen LogP contribution in [0.2, 0.25) is 5.02 Å². The molecule has 2 atom stereocenters. The molecule has 1 heterocycles. The van der Waals surface area contributed by atoms with Crippen molar-refractivity contribution in [2.45, 2.75) is 44.8 Å². The zero-order valence-corrected chi connectivity index (χ0v) is 13.4. The molecule has 1 N–H and O–H groups in total. The predicted octanol–water partition coefficient (Wildman–Crippen LogP) is 3.03. The van der Waals surface area contributed by atoms with Crippen molar-refractivity contribution < 1.29 is 9.18 Å². The molecule has 0 spiro atoms. The van der Waals surface area contributed by atoms with Gasteiger partial charge in [0.1, 0.15) is 12.2 Å². The molecule has 1 aliphatic rings. The predicted molar refractivity (Wildman–Crippen MR) is 82.8 cm³/mol. The lowest BCUT2D eigenvalue weighted by molar-refractivity contribution is -0.121. The van der Waals surface area contributed by atoms with Gasteiger partial charge in [0.15, 0.2) is 0 Å². The molecule has 0 aliphatic carbocycles. The Hall–Kier alpha value is -1.64. The first-order valence-electron chi connectivity index (χ1n) is 7.31. The molecule has 22 heavy (non-hydrogen) atoms. The first-order valence-corrected chi connectivity index (χ1v) is 7.69. The highest BCUT2D eigenvalue weighted by molar-refractivity contribution is 6.30.